The van der Waals surface area contributed by atoms with E-state index >= 15 is 0 Å². The van der Waals surface area contributed by atoms with Gasteiger partial charge in [0.25, 0.3) is 15.9 Å². The maximum atomic E-state index is 12.5. The van der Waals surface area contributed by atoms with Crippen LogP contribution in [-0.2, 0) is 16.6 Å². The zero-order valence-corrected chi connectivity index (χ0v) is 17.6. The van der Waals surface area contributed by atoms with Gasteiger partial charge in [0.1, 0.15) is 5.75 Å². The third-order valence-corrected chi connectivity index (χ3v) is 5.55. The lowest BCUT2D eigenvalue weighted by Gasteiger charge is -2.12. The van der Waals surface area contributed by atoms with Gasteiger partial charge in [-0.2, -0.15) is 0 Å². The molecular weight excluding hydrogens is 400 g/mol. The molecule has 0 atom stereocenters. The summed E-state index contributed by atoms with van der Waals surface area (Å²) in [4.78, 5) is 12.7. The molecule has 2 N–H and O–H groups in total. The summed E-state index contributed by atoms with van der Waals surface area (Å²) < 4.78 is 33.1. The molecule has 0 aliphatic heterocycles. The summed E-state index contributed by atoms with van der Waals surface area (Å²) in [6.07, 6.45) is 0.0669. The standard InChI is InChI=1S/C23H24N2O4S/c1-17(2)29-21-11-6-8-18(14-21)16-24-23(26)19-9-7-10-20(15-19)25-30(27,28)22-12-4-3-5-13-22/h3-15,17,25H,16H2,1-2H3,(H,24,26). The van der Waals surface area contributed by atoms with Gasteiger partial charge in [-0.25, -0.2) is 8.42 Å². The van der Waals surface area contributed by atoms with E-state index in [0.717, 1.165) is 11.3 Å². The van der Waals surface area contributed by atoms with E-state index in [0.29, 0.717) is 17.8 Å². The van der Waals surface area contributed by atoms with Gasteiger partial charge in [0.05, 0.1) is 11.0 Å². The number of hydrogen-bond donors (Lipinski definition) is 2. The van der Waals surface area contributed by atoms with Crippen molar-refractivity contribution in [1.82, 2.24) is 5.32 Å². The van der Waals surface area contributed by atoms with E-state index in [4.69, 9.17) is 4.74 Å². The van der Waals surface area contributed by atoms with Gasteiger partial charge in [0.2, 0.25) is 0 Å². The summed E-state index contributed by atoms with van der Waals surface area (Å²) in [5, 5.41) is 2.85. The number of anilines is 1. The van der Waals surface area contributed by atoms with Crippen LogP contribution in [0.4, 0.5) is 5.69 Å². The first-order chi connectivity index (χ1) is 14.3. The van der Waals surface area contributed by atoms with Gasteiger partial charge in [-0.1, -0.05) is 36.4 Å². The van der Waals surface area contributed by atoms with Crippen molar-refractivity contribution in [2.75, 3.05) is 4.72 Å². The minimum absolute atomic E-state index is 0.0669. The predicted octanol–water partition coefficient (Wildman–Crippen LogP) is 4.20. The van der Waals surface area contributed by atoms with E-state index in [2.05, 4.69) is 10.0 Å². The number of benzene rings is 3. The van der Waals surface area contributed by atoms with Gasteiger partial charge in [0.15, 0.2) is 0 Å². The first-order valence-corrected chi connectivity index (χ1v) is 11.0. The molecule has 0 heterocycles. The molecule has 0 radical (unpaired) electrons. The molecule has 0 bridgehead atoms. The number of hydrogen-bond acceptors (Lipinski definition) is 4. The zero-order valence-electron chi connectivity index (χ0n) is 16.8. The molecule has 0 aromatic heterocycles. The molecule has 7 heteroatoms. The van der Waals surface area contributed by atoms with Crippen molar-refractivity contribution >= 4 is 21.6 Å². The van der Waals surface area contributed by atoms with Crippen molar-refractivity contribution in [3.8, 4) is 5.75 Å². The molecule has 0 saturated carbocycles. The highest BCUT2D eigenvalue weighted by Gasteiger charge is 2.14. The van der Waals surface area contributed by atoms with E-state index in [-0.39, 0.29) is 16.9 Å². The Morgan fingerprint density at radius 3 is 2.40 bits per heavy atom. The predicted molar refractivity (Wildman–Crippen MR) is 117 cm³/mol. The van der Waals surface area contributed by atoms with E-state index in [1.54, 1.807) is 36.4 Å². The fourth-order valence-electron chi connectivity index (χ4n) is 2.82. The lowest BCUT2D eigenvalue weighted by molar-refractivity contribution is 0.0951. The molecule has 30 heavy (non-hydrogen) atoms. The first kappa shape index (κ1) is 21.4. The smallest absolute Gasteiger partial charge is 0.261 e. The minimum Gasteiger partial charge on any atom is -0.491 e. The number of amides is 1. The van der Waals surface area contributed by atoms with E-state index < -0.39 is 10.0 Å². The van der Waals surface area contributed by atoms with E-state index in [1.807, 2.05) is 38.1 Å². The van der Waals surface area contributed by atoms with Crippen LogP contribution in [0.25, 0.3) is 0 Å². The van der Waals surface area contributed by atoms with Gasteiger partial charge in [-0.3, -0.25) is 9.52 Å². The van der Waals surface area contributed by atoms with Crippen LogP contribution in [-0.4, -0.2) is 20.4 Å². The van der Waals surface area contributed by atoms with Crippen LogP contribution >= 0.6 is 0 Å². The summed E-state index contributed by atoms with van der Waals surface area (Å²) in [6, 6.07) is 22.0. The summed E-state index contributed by atoms with van der Waals surface area (Å²) >= 11 is 0. The van der Waals surface area contributed by atoms with Gasteiger partial charge in [-0.15, -0.1) is 0 Å². The van der Waals surface area contributed by atoms with Crippen LogP contribution in [0.2, 0.25) is 0 Å². The number of sulfonamides is 1. The Balaban J connectivity index is 1.66. The largest absolute Gasteiger partial charge is 0.491 e. The molecule has 0 unspecified atom stereocenters. The van der Waals surface area contributed by atoms with E-state index in [9.17, 15) is 13.2 Å². The summed E-state index contributed by atoms with van der Waals surface area (Å²) in [5.41, 5.74) is 1.58. The molecule has 6 nitrogen and oxygen atoms in total. The molecule has 3 aromatic rings. The topological polar surface area (TPSA) is 84.5 Å². The van der Waals surface area contributed by atoms with Gasteiger partial charge >= 0.3 is 0 Å². The number of carbonyl (C=O) groups excluding carboxylic acids is 1. The van der Waals surface area contributed by atoms with Gasteiger partial charge < -0.3 is 10.1 Å². The van der Waals surface area contributed by atoms with Crippen molar-refractivity contribution in [3.05, 3.63) is 90.0 Å². The highest BCUT2D eigenvalue weighted by atomic mass is 32.2. The summed E-state index contributed by atoms with van der Waals surface area (Å²) in [7, 11) is -3.72. The van der Waals surface area contributed by atoms with Crippen molar-refractivity contribution in [2.45, 2.75) is 31.4 Å². The molecule has 3 aromatic carbocycles. The van der Waals surface area contributed by atoms with Gasteiger partial charge in [0, 0.05) is 17.8 Å². The average molecular weight is 425 g/mol. The number of ether oxygens (including phenoxy) is 1. The van der Waals surface area contributed by atoms with Gasteiger partial charge in [-0.05, 0) is 61.9 Å². The molecule has 0 saturated heterocycles. The maximum absolute atomic E-state index is 12.5. The number of rotatable bonds is 8. The molecule has 1 amide bonds. The third-order valence-electron chi connectivity index (χ3n) is 4.15. The van der Waals surface area contributed by atoms with Crippen LogP contribution in [0.3, 0.4) is 0 Å². The Morgan fingerprint density at radius 2 is 1.67 bits per heavy atom. The quantitative estimate of drug-likeness (QED) is 0.567. The SMILES string of the molecule is CC(C)Oc1cccc(CNC(=O)c2cccc(NS(=O)(=O)c3ccccc3)c2)c1. The Bertz CT molecular complexity index is 1110. The highest BCUT2D eigenvalue weighted by Crippen LogP contribution is 2.18. The van der Waals surface area contributed by atoms with Crippen molar-refractivity contribution in [2.24, 2.45) is 0 Å². The van der Waals surface area contributed by atoms with Crippen molar-refractivity contribution < 1.29 is 17.9 Å². The average Bonchev–Trinajstić information content (AvgIpc) is 2.72. The monoisotopic (exact) mass is 424 g/mol. The number of nitrogens with one attached hydrogen (secondary N) is 2. The van der Waals surface area contributed by atoms with Crippen LogP contribution in [0.5, 0.6) is 5.75 Å². The normalized spacial score (nSPS) is 11.2. The van der Waals surface area contributed by atoms with Crippen molar-refractivity contribution in [1.29, 1.82) is 0 Å². The Kier molecular flexibility index (Phi) is 6.74. The Labute approximate surface area is 177 Å². The fourth-order valence-corrected chi connectivity index (χ4v) is 3.89. The third kappa shape index (κ3) is 5.84. The second-order valence-electron chi connectivity index (χ2n) is 7.00. The molecule has 0 aliphatic rings. The number of carbonyl (C=O) groups is 1. The highest BCUT2D eigenvalue weighted by molar-refractivity contribution is 7.92. The molecule has 0 fully saturated rings. The van der Waals surface area contributed by atoms with E-state index in [1.165, 1.54) is 18.2 Å². The zero-order chi connectivity index (χ0) is 21.6. The molecule has 156 valence electrons. The molecule has 0 aliphatic carbocycles. The maximum Gasteiger partial charge on any atom is 0.261 e. The lowest BCUT2D eigenvalue weighted by atomic mass is 10.1. The summed E-state index contributed by atoms with van der Waals surface area (Å²) in [5.74, 6) is 0.444. The Hall–Kier alpha value is -3.32. The molecule has 3 rings (SSSR count). The van der Waals surface area contributed by atoms with Crippen LogP contribution in [0, 0.1) is 0 Å². The Morgan fingerprint density at radius 1 is 0.933 bits per heavy atom. The fraction of sp³-hybridized carbons (Fsp3) is 0.174. The second-order valence-corrected chi connectivity index (χ2v) is 8.68. The second kappa shape index (κ2) is 9.45. The van der Waals surface area contributed by atoms with Crippen LogP contribution < -0.4 is 14.8 Å². The van der Waals surface area contributed by atoms with Crippen molar-refractivity contribution in [3.63, 3.8) is 0 Å². The molecule has 0 spiro atoms. The van der Waals surface area contributed by atoms with Crippen LogP contribution in [0.15, 0.2) is 83.8 Å². The first-order valence-electron chi connectivity index (χ1n) is 9.55. The molecular formula is C23H24N2O4S. The minimum atomic E-state index is -3.72. The van der Waals surface area contributed by atoms with Crippen LogP contribution in [0.1, 0.15) is 29.8 Å². The summed E-state index contributed by atoms with van der Waals surface area (Å²) in [6.45, 7) is 4.23. The lowest BCUT2D eigenvalue weighted by Crippen LogP contribution is -2.23.